The van der Waals surface area contributed by atoms with E-state index in [0.717, 1.165) is 20.4 Å². The van der Waals surface area contributed by atoms with Gasteiger partial charge in [0, 0.05) is 9.92 Å². The fourth-order valence-corrected chi connectivity index (χ4v) is 3.76. The Morgan fingerprint density at radius 2 is 2.15 bits per heavy atom. The molecule has 0 saturated heterocycles. The molecule has 7 heteroatoms. The van der Waals surface area contributed by atoms with Gasteiger partial charge in [-0.15, -0.1) is 11.8 Å². The maximum Gasteiger partial charge on any atom is 0.212 e. The molecular weight excluding hydrogens is 314 g/mol. The van der Waals surface area contributed by atoms with Crippen molar-refractivity contribution in [3.05, 3.63) is 46.2 Å². The standard InChI is InChI=1S/C13H10ClN3OS2/c1-8-12(20-13-15-7-16-17(8)13)11(18)6-19-10-4-2-9(14)3-5-10/h2-5,7H,6H2,1H3. The van der Waals surface area contributed by atoms with Crippen LogP contribution in [0.15, 0.2) is 35.5 Å². The van der Waals surface area contributed by atoms with Crippen LogP contribution in [0.25, 0.3) is 4.96 Å². The third kappa shape index (κ3) is 2.59. The summed E-state index contributed by atoms with van der Waals surface area (Å²) in [4.78, 5) is 18.9. The highest BCUT2D eigenvalue weighted by Gasteiger charge is 2.17. The quantitative estimate of drug-likeness (QED) is 0.542. The molecule has 3 aromatic rings. The molecule has 0 aliphatic rings. The van der Waals surface area contributed by atoms with Gasteiger partial charge in [-0.3, -0.25) is 4.79 Å². The van der Waals surface area contributed by atoms with E-state index in [9.17, 15) is 4.79 Å². The monoisotopic (exact) mass is 323 g/mol. The first kappa shape index (κ1) is 13.6. The van der Waals surface area contributed by atoms with Crippen LogP contribution in [0.2, 0.25) is 5.02 Å². The van der Waals surface area contributed by atoms with Crippen molar-refractivity contribution in [3.63, 3.8) is 0 Å². The fourth-order valence-electron chi connectivity index (χ4n) is 1.80. The molecule has 0 amide bonds. The topological polar surface area (TPSA) is 47.3 Å². The Bertz CT molecular complexity index is 764. The zero-order valence-corrected chi connectivity index (χ0v) is 12.9. The van der Waals surface area contributed by atoms with E-state index in [1.54, 1.807) is 4.52 Å². The summed E-state index contributed by atoms with van der Waals surface area (Å²) in [5.74, 6) is 0.492. The number of rotatable bonds is 4. The Kier molecular flexibility index (Phi) is 3.78. The SMILES string of the molecule is Cc1c(C(=O)CSc2ccc(Cl)cc2)sc2ncnn12. The number of halogens is 1. The first-order chi connectivity index (χ1) is 9.65. The molecule has 0 fully saturated rings. The summed E-state index contributed by atoms with van der Waals surface area (Å²) in [6.45, 7) is 1.89. The van der Waals surface area contributed by atoms with E-state index in [1.165, 1.54) is 29.4 Å². The van der Waals surface area contributed by atoms with E-state index in [4.69, 9.17) is 11.6 Å². The largest absolute Gasteiger partial charge is 0.292 e. The highest BCUT2D eigenvalue weighted by atomic mass is 35.5. The lowest BCUT2D eigenvalue weighted by Crippen LogP contribution is -2.03. The van der Waals surface area contributed by atoms with E-state index >= 15 is 0 Å². The molecule has 0 spiro atoms. The van der Waals surface area contributed by atoms with Gasteiger partial charge in [-0.1, -0.05) is 22.9 Å². The molecule has 0 aliphatic heterocycles. The van der Waals surface area contributed by atoms with Crippen LogP contribution in [0.1, 0.15) is 15.4 Å². The molecule has 0 N–H and O–H groups in total. The molecule has 2 heterocycles. The Morgan fingerprint density at radius 1 is 1.40 bits per heavy atom. The number of aromatic nitrogens is 3. The van der Waals surface area contributed by atoms with E-state index in [2.05, 4.69) is 10.1 Å². The number of ketones is 1. The highest BCUT2D eigenvalue weighted by molar-refractivity contribution is 8.00. The Labute approximate surface area is 128 Å². The summed E-state index contributed by atoms with van der Waals surface area (Å²) >= 11 is 8.72. The maximum atomic E-state index is 12.3. The zero-order valence-electron chi connectivity index (χ0n) is 10.5. The number of hydrogen-bond acceptors (Lipinski definition) is 5. The molecule has 1 aromatic carbocycles. The lowest BCUT2D eigenvalue weighted by Gasteiger charge is -2.01. The van der Waals surface area contributed by atoms with E-state index in [1.807, 2.05) is 31.2 Å². The average molecular weight is 324 g/mol. The van der Waals surface area contributed by atoms with Crippen molar-refractivity contribution in [2.24, 2.45) is 0 Å². The number of fused-ring (bicyclic) bond motifs is 1. The van der Waals surface area contributed by atoms with Gasteiger partial charge < -0.3 is 0 Å². The van der Waals surface area contributed by atoms with Crippen LogP contribution in [0.3, 0.4) is 0 Å². The molecule has 0 bridgehead atoms. The van der Waals surface area contributed by atoms with Crippen LogP contribution in [0, 0.1) is 6.92 Å². The summed E-state index contributed by atoms with van der Waals surface area (Å²) in [6, 6.07) is 7.47. The Hall–Kier alpha value is -1.37. The third-order valence-electron chi connectivity index (χ3n) is 2.79. The van der Waals surface area contributed by atoms with Crippen molar-refractivity contribution in [1.82, 2.24) is 14.6 Å². The second-order valence-electron chi connectivity index (χ2n) is 4.14. The highest BCUT2D eigenvalue weighted by Crippen LogP contribution is 2.25. The summed E-state index contributed by atoms with van der Waals surface area (Å²) in [5, 5.41) is 4.79. The summed E-state index contributed by atoms with van der Waals surface area (Å²) in [6.07, 6.45) is 1.50. The number of aryl methyl sites for hydroxylation is 1. The van der Waals surface area contributed by atoms with E-state index in [-0.39, 0.29) is 5.78 Å². The predicted molar refractivity (Wildman–Crippen MR) is 82.1 cm³/mol. The van der Waals surface area contributed by atoms with Crippen LogP contribution in [-0.2, 0) is 0 Å². The van der Waals surface area contributed by atoms with E-state index < -0.39 is 0 Å². The average Bonchev–Trinajstić information content (AvgIpc) is 3.01. The second-order valence-corrected chi connectivity index (χ2v) is 6.60. The molecule has 0 aliphatic carbocycles. The fraction of sp³-hybridized carbons (Fsp3) is 0.154. The molecule has 2 aromatic heterocycles. The number of hydrogen-bond donors (Lipinski definition) is 0. The number of benzene rings is 1. The summed E-state index contributed by atoms with van der Waals surface area (Å²) in [7, 11) is 0. The molecule has 0 atom stereocenters. The summed E-state index contributed by atoms with van der Waals surface area (Å²) < 4.78 is 1.70. The van der Waals surface area contributed by atoms with Gasteiger partial charge in [0.05, 0.1) is 16.3 Å². The second kappa shape index (κ2) is 5.55. The molecule has 102 valence electrons. The lowest BCUT2D eigenvalue weighted by molar-refractivity contribution is 0.102. The number of carbonyl (C=O) groups is 1. The van der Waals surface area contributed by atoms with Crippen molar-refractivity contribution in [1.29, 1.82) is 0 Å². The number of Topliss-reactive ketones (excluding diaryl/α,β-unsaturated/α-hetero) is 1. The first-order valence-corrected chi connectivity index (χ1v) is 8.04. The smallest absolute Gasteiger partial charge is 0.212 e. The molecule has 3 rings (SSSR count). The minimum atomic E-state index is 0.0970. The maximum absolute atomic E-state index is 12.3. The minimum Gasteiger partial charge on any atom is -0.292 e. The zero-order chi connectivity index (χ0) is 14.1. The molecule has 0 saturated carbocycles. The molecule has 4 nitrogen and oxygen atoms in total. The lowest BCUT2D eigenvalue weighted by atomic mass is 10.3. The molecule has 0 radical (unpaired) electrons. The predicted octanol–water partition coefficient (Wildman–Crippen LogP) is 3.73. The van der Waals surface area contributed by atoms with Gasteiger partial charge in [0.25, 0.3) is 0 Å². The third-order valence-corrected chi connectivity index (χ3v) is 5.25. The van der Waals surface area contributed by atoms with Crippen LogP contribution in [0.5, 0.6) is 0 Å². The number of carbonyl (C=O) groups excluding carboxylic acids is 1. The van der Waals surface area contributed by atoms with Gasteiger partial charge in [0.1, 0.15) is 6.33 Å². The first-order valence-electron chi connectivity index (χ1n) is 5.86. The van der Waals surface area contributed by atoms with Crippen LogP contribution in [-0.4, -0.2) is 26.1 Å². The van der Waals surface area contributed by atoms with Crippen molar-refractivity contribution in [2.75, 3.05) is 5.75 Å². The van der Waals surface area contributed by atoms with Gasteiger partial charge in [-0.05, 0) is 31.2 Å². The number of nitrogens with zero attached hydrogens (tertiary/aromatic N) is 3. The van der Waals surface area contributed by atoms with Crippen molar-refractivity contribution < 1.29 is 4.79 Å². The van der Waals surface area contributed by atoms with Gasteiger partial charge >= 0.3 is 0 Å². The number of thioether (sulfide) groups is 1. The summed E-state index contributed by atoms with van der Waals surface area (Å²) in [5.41, 5.74) is 0.851. The van der Waals surface area contributed by atoms with Gasteiger partial charge in [0.2, 0.25) is 4.96 Å². The molecular formula is C13H10ClN3OS2. The van der Waals surface area contributed by atoms with Crippen LogP contribution < -0.4 is 0 Å². The van der Waals surface area contributed by atoms with Gasteiger partial charge in [-0.2, -0.15) is 5.10 Å². The van der Waals surface area contributed by atoms with Crippen LogP contribution in [0.4, 0.5) is 0 Å². The van der Waals surface area contributed by atoms with Gasteiger partial charge in [0.15, 0.2) is 5.78 Å². The minimum absolute atomic E-state index is 0.0970. The van der Waals surface area contributed by atoms with E-state index in [0.29, 0.717) is 10.8 Å². The molecule has 0 unspecified atom stereocenters. The molecule has 20 heavy (non-hydrogen) atoms. The van der Waals surface area contributed by atoms with Gasteiger partial charge in [-0.25, -0.2) is 9.50 Å². The van der Waals surface area contributed by atoms with Crippen molar-refractivity contribution in [2.45, 2.75) is 11.8 Å². The Balaban J connectivity index is 1.74. The van der Waals surface area contributed by atoms with Crippen LogP contribution >= 0.6 is 34.7 Å². The van der Waals surface area contributed by atoms with Crippen molar-refractivity contribution >= 4 is 45.4 Å². The Morgan fingerprint density at radius 3 is 2.85 bits per heavy atom. The normalized spacial score (nSPS) is 11.1. The number of thiazole rings is 1. The van der Waals surface area contributed by atoms with Crippen molar-refractivity contribution in [3.8, 4) is 0 Å².